The van der Waals surface area contributed by atoms with Crippen LogP contribution in [0.15, 0.2) is 0 Å². The predicted molar refractivity (Wildman–Crippen MR) is 1.37 cm³/mol. The SMILES string of the molecule is [Cu+2].[O]=[Fe][O-].[O]=[Fe][O-]. The molecule has 0 N–H and O–H groups in total. The summed E-state index contributed by atoms with van der Waals surface area (Å²) in [4.78, 5) is 0. The topological polar surface area (TPSA) is 80.3 Å². The van der Waals surface area contributed by atoms with Crippen molar-refractivity contribution in [2.45, 2.75) is 0 Å². The Morgan fingerprint density at radius 1 is 1.00 bits per heavy atom. The number of rotatable bonds is 0. The van der Waals surface area contributed by atoms with E-state index in [0.29, 0.717) is 0 Å². The first-order chi connectivity index (χ1) is 2.83. The van der Waals surface area contributed by atoms with Crippen LogP contribution in [-0.4, -0.2) is 0 Å². The molecule has 0 heterocycles. The van der Waals surface area contributed by atoms with E-state index in [-0.39, 0.29) is 17.1 Å². The van der Waals surface area contributed by atoms with Crippen LogP contribution in [0.25, 0.3) is 0 Å². The molecule has 7 heavy (non-hydrogen) atoms. The van der Waals surface area contributed by atoms with Gasteiger partial charge in [-0.05, 0) is 0 Å². The summed E-state index contributed by atoms with van der Waals surface area (Å²) in [5.41, 5.74) is 0. The molecule has 0 aliphatic carbocycles. The molecule has 0 fully saturated rings. The van der Waals surface area contributed by atoms with E-state index < -0.39 is 30.4 Å². The monoisotopic (exact) mass is 239 g/mol. The second kappa shape index (κ2) is 27.6. The Hall–Kier alpha value is 1.08. The van der Waals surface area contributed by atoms with Gasteiger partial charge in [-0.15, -0.1) is 0 Å². The minimum atomic E-state index is -1.25. The van der Waals surface area contributed by atoms with Crippen LogP contribution in [0.4, 0.5) is 0 Å². The predicted octanol–water partition coefficient (Wildman–Crippen LogP) is -2.62. The van der Waals surface area contributed by atoms with Gasteiger partial charge < -0.3 is 0 Å². The van der Waals surface area contributed by atoms with Crippen LogP contribution in [0.2, 0.25) is 0 Å². The van der Waals surface area contributed by atoms with Crippen LogP contribution in [0.3, 0.4) is 0 Å². The summed E-state index contributed by atoms with van der Waals surface area (Å²) in [6.07, 6.45) is 0. The summed E-state index contributed by atoms with van der Waals surface area (Å²) >= 11 is -2.50. The molecule has 0 aromatic heterocycles. The van der Waals surface area contributed by atoms with Crippen LogP contribution in [-0.2, 0) is 55.2 Å². The van der Waals surface area contributed by atoms with Crippen molar-refractivity contribution in [3.8, 4) is 0 Å². The maximum absolute atomic E-state index is 8.38. The molecule has 0 saturated heterocycles. The van der Waals surface area contributed by atoms with Gasteiger partial charge in [0.15, 0.2) is 0 Å². The van der Waals surface area contributed by atoms with Gasteiger partial charge in [0.25, 0.3) is 0 Å². The Morgan fingerprint density at radius 3 is 1.00 bits per heavy atom. The zero-order chi connectivity index (χ0) is 5.41. The molecule has 0 aromatic rings. The first-order valence-electron chi connectivity index (χ1n) is 0.577. The summed E-state index contributed by atoms with van der Waals surface area (Å²) < 4.78 is 33.5. The van der Waals surface area contributed by atoms with Gasteiger partial charge >= 0.3 is 63.6 Å². The van der Waals surface area contributed by atoms with Gasteiger partial charge in [-0.3, -0.25) is 0 Å². The summed E-state index contributed by atoms with van der Waals surface area (Å²) in [7, 11) is 0. The molecule has 51 valence electrons. The van der Waals surface area contributed by atoms with E-state index in [1.807, 2.05) is 0 Å². The Balaban J connectivity index is -0.0000000400. The first kappa shape index (κ1) is 15.7. The van der Waals surface area contributed by atoms with E-state index in [1.165, 1.54) is 0 Å². The average Bonchev–Trinajstić information content (AvgIpc) is 1.39. The summed E-state index contributed by atoms with van der Waals surface area (Å²) in [6.45, 7) is 0. The van der Waals surface area contributed by atoms with Gasteiger partial charge in [0, 0.05) is 0 Å². The van der Waals surface area contributed by atoms with Crippen molar-refractivity contribution in [1.82, 2.24) is 0 Å². The fraction of sp³-hybridized carbons (Fsp3) is 0. The van der Waals surface area contributed by atoms with Crippen molar-refractivity contribution in [1.29, 1.82) is 0 Å². The number of hydrogen-bond donors (Lipinski definition) is 0. The minimum absolute atomic E-state index is 0. The Bertz CT molecular complexity index is 30.7. The third-order valence-corrected chi connectivity index (χ3v) is 0. The van der Waals surface area contributed by atoms with E-state index in [0.717, 1.165) is 0 Å². The van der Waals surface area contributed by atoms with Crippen molar-refractivity contribution < 1.29 is 63.6 Å². The van der Waals surface area contributed by atoms with Crippen LogP contribution < -0.4 is 8.38 Å². The molecule has 0 aliphatic rings. The molecular weight excluding hydrogens is 239 g/mol. The Morgan fingerprint density at radius 2 is 1.00 bits per heavy atom. The molecular formula is CuFe2O4. The Kier molecular flexibility index (Phi) is 61.9. The van der Waals surface area contributed by atoms with Crippen LogP contribution in [0.1, 0.15) is 0 Å². The van der Waals surface area contributed by atoms with E-state index in [1.54, 1.807) is 0 Å². The zero-order valence-electron chi connectivity index (χ0n) is 2.64. The quantitative estimate of drug-likeness (QED) is 0.433. The van der Waals surface area contributed by atoms with E-state index in [2.05, 4.69) is 0 Å². The van der Waals surface area contributed by atoms with Crippen LogP contribution in [0, 0.1) is 0 Å². The van der Waals surface area contributed by atoms with Crippen molar-refractivity contribution >= 4 is 0 Å². The van der Waals surface area contributed by atoms with Crippen molar-refractivity contribution in [3.05, 3.63) is 0 Å². The van der Waals surface area contributed by atoms with Gasteiger partial charge in [0.1, 0.15) is 0 Å². The van der Waals surface area contributed by atoms with Crippen molar-refractivity contribution in [3.63, 3.8) is 0 Å². The standard InChI is InChI=1S/Cu.2Fe.4O/q+2;;;;;2*-1. The Labute approximate surface area is 63.5 Å². The molecule has 0 aromatic carbocycles. The maximum atomic E-state index is 8.38. The molecule has 0 amide bonds. The third kappa shape index (κ3) is 157. The molecule has 0 bridgehead atoms. The van der Waals surface area contributed by atoms with Gasteiger partial charge in [0.2, 0.25) is 0 Å². The third-order valence-electron chi connectivity index (χ3n) is 0. The molecule has 0 unspecified atom stereocenters. The first-order valence-corrected chi connectivity index (χ1v) is 2.38. The van der Waals surface area contributed by atoms with E-state index >= 15 is 0 Å². The van der Waals surface area contributed by atoms with Gasteiger partial charge in [-0.1, -0.05) is 0 Å². The second-order valence-electron chi connectivity index (χ2n) is 0.118. The molecule has 0 aliphatic heterocycles. The van der Waals surface area contributed by atoms with Gasteiger partial charge in [0.05, 0.1) is 0 Å². The second-order valence-corrected chi connectivity index (χ2v) is 0.486. The molecule has 4 nitrogen and oxygen atoms in total. The fourth-order valence-corrected chi connectivity index (χ4v) is 0. The molecule has 0 saturated carbocycles. The van der Waals surface area contributed by atoms with E-state index in [9.17, 15) is 0 Å². The molecule has 0 rings (SSSR count). The van der Waals surface area contributed by atoms with Crippen molar-refractivity contribution in [2.24, 2.45) is 0 Å². The normalized spacial score (nSPS) is 4.86. The van der Waals surface area contributed by atoms with Crippen molar-refractivity contribution in [2.75, 3.05) is 0 Å². The van der Waals surface area contributed by atoms with Gasteiger partial charge in [-0.2, -0.15) is 0 Å². The molecule has 1 radical (unpaired) electrons. The van der Waals surface area contributed by atoms with Crippen LogP contribution in [0.5, 0.6) is 0 Å². The fourth-order valence-electron chi connectivity index (χ4n) is 0. The molecule has 0 spiro atoms. The molecule has 7 heteroatoms. The van der Waals surface area contributed by atoms with E-state index in [4.69, 9.17) is 16.0 Å². The summed E-state index contributed by atoms with van der Waals surface area (Å²) in [6, 6.07) is 0. The van der Waals surface area contributed by atoms with Crippen LogP contribution >= 0.6 is 0 Å². The number of hydrogen-bond acceptors (Lipinski definition) is 4. The summed E-state index contributed by atoms with van der Waals surface area (Å²) in [5, 5.41) is 0. The van der Waals surface area contributed by atoms with Gasteiger partial charge in [-0.25, -0.2) is 0 Å². The summed E-state index contributed by atoms with van der Waals surface area (Å²) in [5.74, 6) is 0. The average molecular weight is 239 g/mol. The molecule has 0 atom stereocenters. The zero-order valence-corrected chi connectivity index (χ0v) is 5.79.